The second-order valence-electron chi connectivity index (χ2n) is 10.5. The number of piperidine rings is 1. The molecular formula is C26H37N5O6. The lowest BCUT2D eigenvalue weighted by Gasteiger charge is -2.37. The van der Waals surface area contributed by atoms with Crippen molar-refractivity contribution in [1.29, 1.82) is 0 Å². The number of aryl methyl sites for hydroxylation is 1. The Balaban J connectivity index is 1.52. The maximum Gasteiger partial charge on any atom is 0.415 e. The minimum Gasteiger partial charge on any atom is -0.459 e. The Bertz CT molecular complexity index is 1150. The smallest absolute Gasteiger partial charge is 0.415 e. The van der Waals surface area contributed by atoms with Crippen molar-refractivity contribution in [3.63, 3.8) is 0 Å². The fourth-order valence-corrected chi connectivity index (χ4v) is 5.73. The molecule has 4 rings (SSSR count). The van der Waals surface area contributed by atoms with Gasteiger partial charge in [0.25, 0.3) is 5.69 Å². The monoisotopic (exact) mass is 515 g/mol. The number of nitrogens with zero attached hydrogens (tertiary/aromatic N) is 4. The number of carbonyl (C=O) groups is 2. The minimum atomic E-state index is -0.620. The van der Waals surface area contributed by atoms with E-state index in [4.69, 9.17) is 25.8 Å². The quantitative estimate of drug-likeness (QED) is 0.183. The SMILES string of the molecule is [C-]#[N+]c1c(C(=O)OC2C(C)CC(C)CC2C)c2nc(C)[nH]n2c1OC(=O)N1CCC(COOCC)CC1. The van der Waals surface area contributed by atoms with E-state index in [9.17, 15) is 9.59 Å². The van der Waals surface area contributed by atoms with Gasteiger partial charge >= 0.3 is 12.1 Å². The molecule has 202 valence electrons. The largest absolute Gasteiger partial charge is 0.459 e. The van der Waals surface area contributed by atoms with Crippen LogP contribution in [0.5, 0.6) is 5.88 Å². The van der Waals surface area contributed by atoms with Crippen molar-refractivity contribution in [1.82, 2.24) is 19.5 Å². The maximum atomic E-state index is 13.4. The number of hydrogen-bond donors (Lipinski definition) is 1. The van der Waals surface area contributed by atoms with Crippen LogP contribution in [-0.2, 0) is 14.5 Å². The van der Waals surface area contributed by atoms with Gasteiger partial charge in [-0.25, -0.2) is 33.7 Å². The van der Waals surface area contributed by atoms with Gasteiger partial charge in [0.1, 0.15) is 17.5 Å². The minimum absolute atomic E-state index is 0.0203. The van der Waals surface area contributed by atoms with E-state index < -0.39 is 12.1 Å². The molecule has 0 spiro atoms. The van der Waals surface area contributed by atoms with Gasteiger partial charge in [-0.1, -0.05) is 20.8 Å². The average molecular weight is 516 g/mol. The molecule has 1 aliphatic carbocycles. The first-order chi connectivity index (χ1) is 17.7. The Morgan fingerprint density at radius 2 is 1.81 bits per heavy atom. The summed E-state index contributed by atoms with van der Waals surface area (Å²) in [5, 5.41) is 2.98. The van der Waals surface area contributed by atoms with Gasteiger partial charge in [-0.2, -0.15) is 0 Å². The van der Waals surface area contributed by atoms with Gasteiger partial charge in [0.05, 0.1) is 19.8 Å². The molecule has 2 aromatic rings. The number of aromatic amines is 1. The first-order valence-electron chi connectivity index (χ1n) is 13.1. The number of aromatic nitrogens is 3. The molecular weight excluding hydrogens is 478 g/mol. The number of fused-ring (bicyclic) bond motifs is 1. The molecule has 1 N–H and O–H groups in total. The van der Waals surface area contributed by atoms with Gasteiger partial charge in [0, 0.05) is 13.1 Å². The third kappa shape index (κ3) is 5.75. The third-order valence-corrected chi connectivity index (χ3v) is 7.42. The van der Waals surface area contributed by atoms with Crippen LogP contribution in [0.15, 0.2) is 0 Å². The van der Waals surface area contributed by atoms with Crippen LogP contribution in [-0.4, -0.2) is 64.0 Å². The molecule has 1 saturated heterocycles. The van der Waals surface area contributed by atoms with Crippen LogP contribution in [0.25, 0.3) is 10.5 Å². The second kappa shape index (κ2) is 11.5. The van der Waals surface area contributed by atoms with Gasteiger partial charge in [0.2, 0.25) is 5.88 Å². The van der Waals surface area contributed by atoms with E-state index in [1.54, 1.807) is 11.8 Å². The summed E-state index contributed by atoms with van der Waals surface area (Å²) in [6.07, 6.45) is 2.61. The Labute approximate surface area is 217 Å². The molecule has 2 atom stereocenters. The highest BCUT2D eigenvalue weighted by Gasteiger charge is 2.37. The topological polar surface area (TPSA) is 112 Å². The van der Waals surface area contributed by atoms with Crippen molar-refractivity contribution in [3.05, 3.63) is 22.8 Å². The van der Waals surface area contributed by atoms with Crippen molar-refractivity contribution in [2.75, 3.05) is 26.3 Å². The number of H-pyrrole nitrogens is 1. The average Bonchev–Trinajstić information content (AvgIpc) is 3.36. The molecule has 2 unspecified atom stereocenters. The molecule has 1 amide bonds. The third-order valence-electron chi connectivity index (χ3n) is 7.42. The highest BCUT2D eigenvalue weighted by atomic mass is 17.2. The van der Waals surface area contributed by atoms with Crippen LogP contribution < -0.4 is 4.74 Å². The van der Waals surface area contributed by atoms with E-state index in [0.29, 0.717) is 44.0 Å². The summed E-state index contributed by atoms with van der Waals surface area (Å²) in [6.45, 7) is 19.7. The number of likely N-dealkylation sites (tertiary alicyclic amines) is 1. The normalized spacial score (nSPS) is 24.7. The van der Waals surface area contributed by atoms with Gasteiger partial charge in [-0.3, -0.25) is 5.10 Å². The van der Waals surface area contributed by atoms with E-state index in [2.05, 4.69) is 35.7 Å². The van der Waals surface area contributed by atoms with Gasteiger partial charge < -0.3 is 14.4 Å². The number of rotatable bonds is 7. The van der Waals surface area contributed by atoms with Crippen molar-refractivity contribution in [3.8, 4) is 5.88 Å². The molecule has 0 aromatic carbocycles. The molecule has 11 nitrogen and oxygen atoms in total. The van der Waals surface area contributed by atoms with Crippen LogP contribution in [0.4, 0.5) is 10.5 Å². The zero-order valence-electron chi connectivity index (χ0n) is 22.3. The van der Waals surface area contributed by atoms with Crippen molar-refractivity contribution >= 4 is 23.4 Å². The van der Waals surface area contributed by atoms with Gasteiger partial charge in [-0.05, 0) is 63.2 Å². The van der Waals surface area contributed by atoms with Gasteiger partial charge in [-0.15, -0.1) is 0 Å². The number of carbonyl (C=O) groups excluding carboxylic acids is 2. The lowest BCUT2D eigenvalue weighted by molar-refractivity contribution is -0.299. The molecule has 2 aromatic heterocycles. The van der Waals surface area contributed by atoms with E-state index in [0.717, 1.165) is 25.7 Å². The highest BCUT2D eigenvalue weighted by molar-refractivity contribution is 6.05. The van der Waals surface area contributed by atoms with Crippen molar-refractivity contribution in [2.24, 2.45) is 23.7 Å². The number of amides is 1. The summed E-state index contributed by atoms with van der Waals surface area (Å²) < 4.78 is 13.1. The van der Waals surface area contributed by atoms with E-state index in [-0.39, 0.29) is 40.7 Å². The predicted octanol–water partition coefficient (Wildman–Crippen LogP) is 4.93. The van der Waals surface area contributed by atoms with Gasteiger partial charge in [0.15, 0.2) is 5.65 Å². The molecule has 1 aliphatic heterocycles. The first-order valence-corrected chi connectivity index (χ1v) is 13.1. The first kappa shape index (κ1) is 26.9. The van der Waals surface area contributed by atoms with Crippen LogP contribution in [0.1, 0.15) is 69.6 Å². The van der Waals surface area contributed by atoms with Crippen molar-refractivity contribution in [2.45, 2.75) is 66.4 Å². The van der Waals surface area contributed by atoms with E-state index in [1.807, 2.05) is 6.92 Å². The zero-order valence-corrected chi connectivity index (χ0v) is 22.3. The number of nitrogens with one attached hydrogen (secondary N) is 1. The Morgan fingerprint density at radius 1 is 1.14 bits per heavy atom. The fraction of sp³-hybridized carbons (Fsp3) is 0.692. The lowest BCUT2D eigenvalue weighted by atomic mass is 9.75. The molecule has 2 fully saturated rings. The highest BCUT2D eigenvalue weighted by Crippen LogP contribution is 2.40. The summed E-state index contributed by atoms with van der Waals surface area (Å²) in [5.41, 5.74) is 0.154. The predicted molar refractivity (Wildman–Crippen MR) is 134 cm³/mol. The summed E-state index contributed by atoms with van der Waals surface area (Å²) in [5.74, 6) is 1.12. The fourth-order valence-electron chi connectivity index (χ4n) is 5.73. The maximum absolute atomic E-state index is 13.4. The Hall–Kier alpha value is -3.10. The molecule has 2 aliphatic rings. The summed E-state index contributed by atoms with van der Waals surface area (Å²) in [6, 6.07) is 0. The molecule has 1 saturated carbocycles. The second-order valence-corrected chi connectivity index (χ2v) is 10.5. The zero-order chi connectivity index (χ0) is 26.7. The lowest BCUT2D eigenvalue weighted by Crippen LogP contribution is -2.41. The summed E-state index contributed by atoms with van der Waals surface area (Å²) >= 11 is 0. The van der Waals surface area contributed by atoms with E-state index in [1.165, 1.54) is 4.52 Å². The molecule has 3 heterocycles. The van der Waals surface area contributed by atoms with E-state index >= 15 is 0 Å². The Morgan fingerprint density at radius 3 is 2.43 bits per heavy atom. The van der Waals surface area contributed by atoms with Crippen molar-refractivity contribution < 1.29 is 28.8 Å². The van der Waals surface area contributed by atoms with Crippen LogP contribution in [0.2, 0.25) is 0 Å². The number of hydrogen-bond acceptors (Lipinski definition) is 7. The Kier molecular flexibility index (Phi) is 8.39. The molecule has 0 bridgehead atoms. The standard InChI is InChI=1S/C26H37N5O6/c1-7-34-35-14-19-8-10-30(11-9-19)26(33)37-24-21(27-6)20(23-28-18(5)29-31(23)24)25(32)36-22-16(3)12-15(2)13-17(22)4/h15-17,19,22H,7-14H2,1-5H3,(H,28,29). The molecule has 11 heteroatoms. The summed E-state index contributed by atoms with van der Waals surface area (Å²) in [7, 11) is 0. The number of esters is 1. The van der Waals surface area contributed by atoms with Crippen LogP contribution in [0.3, 0.4) is 0 Å². The number of ether oxygens (including phenoxy) is 2. The van der Waals surface area contributed by atoms with Crippen LogP contribution >= 0.6 is 0 Å². The molecule has 37 heavy (non-hydrogen) atoms. The van der Waals surface area contributed by atoms with Crippen LogP contribution in [0, 0.1) is 37.2 Å². The summed E-state index contributed by atoms with van der Waals surface area (Å²) in [4.78, 5) is 46.2. The molecule has 0 radical (unpaired) electrons.